The molecule has 0 atom stereocenters. The lowest BCUT2D eigenvalue weighted by Gasteiger charge is -2.09. The first-order valence-corrected chi connectivity index (χ1v) is 8.70. The van der Waals surface area contributed by atoms with E-state index in [1.807, 2.05) is 50.2 Å². The van der Waals surface area contributed by atoms with E-state index in [9.17, 15) is 4.79 Å². The zero-order valence-corrected chi connectivity index (χ0v) is 14.4. The lowest BCUT2D eigenvalue weighted by atomic mass is 10.1. The Hall–Kier alpha value is -2.18. The van der Waals surface area contributed by atoms with Crippen LogP contribution in [0, 0.1) is 13.8 Å². The van der Waals surface area contributed by atoms with E-state index in [-0.39, 0.29) is 5.91 Å². The number of hydrogen-bond acceptors (Lipinski definition) is 5. The third-order valence-electron chi connectivity index (χ3n) is 3.19. The van der Waals surface area contributed by atoms with E-state index in [0.717, 1.165) is 25.5 Å². The summed E-state index contributed by atoms with van der Waals surface area (Å²) in [5.41, 5.74) is 2.48. The maximum Gasteiger partial charge on any atom is 0.255 e. The van der Waals surface area contributed by atoms with Gasteiger partial charge in [0.15, 0.2) is 4.34 Å². The largest absolute Gasteiger partial charge is 0.322 e. The summed E-state index contributed by atoms with van der Waals surface area (Å²) in [4.78, 5) is 13.3. The molecule has 23 heavy (non-hydrogen) atoms. The van der Waals surface area contributed by atoms with Gasteiger partial charge in [-0.1, -0.05) is 41.3 Å². The van der Waals surface area contributed by atoms with Crippen molar-refractivity contribution in [3.05, 3.63) is 64.7 Å². The second-order valence-corrected chi connectivity index (χ2v) is 7.49. The maximum atomic E-state index is 12.2. The first kappa shape index (κ1) is 15.7. The van der Waals surface area contributed by atoms with Gasteiger partial charge < -0.3 is 5.32 Å². The molecular weight excluding hydrogens is 326 g/mol. The minimum Gasteiger partial charge on any atom is -0.322 e. The van der Waals surface area contributed by atoms with Gasteiger partial charge in [-0.05, 0) is 49.7 Å². The van der Waals surface area contributed by atoms with Crippen LogP contribution in [0.4, 0.5) is 5.69 Å². The van der Waals surface area contributed by atoms with E-state index in [1.165, 1.54) is 0 Å². The fourth-order valence-corrected chi connectivity index (χ4v) is 3.93. The van der Waals surface area contributed by atoms with Crippen LogP contribution >= 0.6 is 23.1 Å². The van der Waals surface area contributed by atoms with Crippen LogP contribution in [0.5, 0.6) is 0 Å². The third-order valence-corrected chi connectivity index (χ3v) is 5.07. The Labute approximate surface area is 143 Å². The van der Waals surface area contributed by atoms with Crippen LogP contribution in [0.1, 0.15) is 20.9 Å². The summed E-state index contributed by atoms with van der Waals surface area (Å²) in [5, 5.41) is 12.0. The molecule has 0 bridgehead atoms. The number of nitrogens with zero attached hydrogens (tertiary/aromatic N) is 2. The first-order chi connectivity index (χ1) is 11.1. The molecule has 1 amide bonds. The molecule has 6 heteroatoms. The summed E-state index contributed by atoms with van der Waals surface area (Å²) in [6.45, 7) is 3.92. The second-order valence-electron chi connectivity index (χ2n) is 4.99. The van der Waals surface area contributed by atoms with Crippen LogP contribution in [0.15, 0.2) is 57.8 Å². The lowest BCUT2D eigenvalue weighted by molar-refractivity contribution is 0.102. The molecule has 0 aliphatic carbocycles. The Morgan fingerprint density at radius 1 is 1.09 bits per heavy atom. The van der Waals surface area contributed by atoms with Crippen molar-refractivity contribution in [1.82, 2.24) is 10.2 Å². The summed E-state index contributed by atoms with van der Waals surface area (Å²) in [6.07, 6.45) is 0. The summed E-state index contributed by atoms with van der Waals surface area (Å²) in [7, 11) is 0. The van der Waals surface area contributed by atoms with Crippen molar-refractivity contribution in [3.63, 3.8) is 0 Å². The van der Waals surface area contributed by atoms with Gasteiger partial charge in [-0.15, -0.1) is 10.2 Å². The predicted molar refractivity (Wildman–Crippen MR) is 94.3 cm³/mol. The molecule has 3 aromatic rings. The highest BCUT2D eigenvalue weighted by Crippen LogP contribution is 2.32. The van der Waals surface area contributed by atoms with E-state index in [4.69, 9.17) is 0 Å². The molecule has 0 spiro atoms. The molecule has 0 saturated heterocycles. The second kappa shape index (κ2) is 6.93. The molecule has 1 aromatic heterocycles. The van der Waals surface area contributed by atoms with E-state index in [0.29, 0.717) is 5.56 Å². The monoisotopic (exact) mass is 341 g/mol. The van der Waals surface area contributed by atoms with Gasteiger partial charge in [0, 0.05) is 16.1 Å². The number of anilines is 1. The molecule has 1 N–H and O–H groups in total. The number of aromatic nitrogens is 2. The van der Waals surface area contributed by atoms with Crippen molar-refractivity contribution in [2.45, 2.75) is 23.1 Å². The average molecular weight is 341 g/mol. The number of hydrogen-bond donors (Lipinski definition) is 1. The van der Waals surface area contributed by atoms with Crippen molar-refractivity contribution in [2.24, 2.45) is 0 Å². The summed E-state index contributed by atoms with van der Waals surface area (Å²) < 4.78 is 0.919. The van der Waals surface area contributed by atoms with Crippen molar-refractivity contribution in [1.29, 1.82) is 0 Å². The molecular formula is C17H15N3OS2. The Balaban J connectivity index is 1.73. The minimum absolute atomic E-state index is 0.103. The van der Waals surface area contributed by atoms with Gasteiger partial charge in [0.05, 0.1) is 0 Å². The van der Waals surface area contributed by atoms with Gasteiger partial charge >= 0.3 is 0 Å². The molecule has 4 nitrogen and oxygen atoms in total. The molecule has 0 aliphatic heterocycles. The number of carbonyl (C=O) groups excluding carboxylic acids is 1. The Morgan fingerprint density at radius 3 is 2.52 bits per heavy atom. The van der Waals surface area contributed by atoms with E-state index < -0.39 is 0 Å². The van der Waals surface area contributed by atoms with Crippen molar-refractivity contribution in [2.75, 3.05) is 5.32 Å². The minimum atomic E-state index is -0.103. The van der Waals surface area contributed by atoms with E-state index in [2.05, 4.69) is 15.5 Å². The SMILES string of the molecule is Cc1nnc(Sc2ccc(NC(=O)c3ccccc3)c(C)c2)s1. The van der Waals surface area contributed by atoms with Crippen LogP contribution in [-0.4, -0.2) is 16.1 Å². The zero-order valence-electron chi connectivity index (χ0n) is 12.7. The van der Waals surface area contributed by atoms with Crippen LogP contribution in [0.2, 0.25) is 0 Å². The normalized spacial score (nSPS) is 10.5. The molecule has 1 heterocycles. The molecule has 0 radical (unpaired) electrons. The van der Waals surface area contributed by atoms with Gasteiger partial charge in [0.2, 0.25) is 0 Å². The maximum absolute atomic E-state index is 12.2. The number of rotatable bonds is 4. The molecule has 0 aliphatic rings. The number of aryl methyl sites for hydroxylation is 2. The molecule has 0 unspecified atom stereocenters. The first-order valence-electron chi connectivity index (χ1n) is 7.07. The fraction of sp³-hybridized carbons (Fsp3) is 0.118. The molecule has 116 valence electrons. The number of benzene rings is 2. The molecule has 0 fully saturated rings. The van der Waals surface area contributed by atoms with Crippen LogP contribution in [-0.2, 0) is 0 Å². The topological polar surface area (TPSA) is 54.9 Å². The highest BCUT2D eigenvalue weighted by atomic mass is 32.2. The van der Waals surface area contributed by atoms with Gasteiger partial charge in [0.1, 0.15) is 5.01 Å². The Bertz CT molecular complexity index is 831. The fourth-order valence-electron chi connectivity index (χ4n) is 2.04. The third kappa shape index (κ3) is 3.97. The van der Waals surface area contributed by atoms with Crippen LogP contribution < -0.4 is 5.32 Å². The number of nitrogens with one attached hydrogen (secondary N) is 1. The Kier molecular flexibility index (Phi) is 4.73. The number of carbonyl (C=O) groups is 1. The lowest BCUT2D eigenvalue weighted by Crippen LogP contribution is -2.12. The van der Waals surface area contributed by atoms with Gasteiger partial charge in [-0.25, -0.2) is 0 Å². The zero-order chi connectivity index (χ0) is 16.2. The molecule has 2 aromatic carbocycles. The molecule has 0 saturated carbocycles. The summed E-state index contributed by atoms with van der Waals surface area (Å²) >= 11 is 3.15. The van der Waals surface area contributed by atoms with Crippen molar-refractivity contribution < 1.29 is 4.79 Å². The highest BCUT2D eigenvalue weighted by Gasteiger charge is 2.09. The quantitative estimate of drug-likeness (QED) is 0.756. The van der Waals surface area contributed by atoms with Crippen LogP contribution in [0.3, 0.4) is 0 Å². The molecule has 3 rings (SSSR count). The standard InChI is InChI=1S/C17H15N3OS2/c1-11-10-14(23-17-20-19-12(2)22-17)8-9-15(11)18-16(21)13-6-4-3-5-7-13/h3-10H,1-2H3,(H,18,21). The average Bonchev–Trinajstić information content (AvgIpc) is 2.96. The van der Waals surface area contributed by atoms with Crippen molar-refractivity contribution in [3.8, 4) is 0 Å². The van der Waals surface area contributed by atoms with Gasteiger partial charge in [-0.2, -0.15) is 0 Å². The van der Waals surface area contributed by atoms with Gasteiger partial charge in [-0.3, -0.25) is 4.79 Å². The highest BCUT2D eigenvalue weighted by molar-refractivity contribution is 8.01. The van der Waals surface area contributed by atoms with Gasteiger partial charge in [0.25, 0.3) is 5.91 Å². The number of amides is 1. The van der Waals surface area contributed by atoms with Crippen LogP contribution in [0.25, 0.3) is 0 Å². The Morgan fingerprint density at radius 2 is 1.87 bits per heavy atom. The van der Waals surface area contributed by atoms with E-state index in [1.54, 1.807) is 35.2 Å². The summed E-state index contributed by atoms with van der Waals surface area (Å²) in [5.74, 6) is -0.103. The smallest absolute Gasteiger partial charge is 0.255 e. The summed E-state index contributed by atoms with van der Waals surface area (Å²) in [6, 6.07) is 15.1. The predicted octanol–water partition coefficient (Wildman–Crippen LogP) is 4.56. The van der Waals surface area contributed by atoms with Crippen molar-refractivity contribution >= 4 is 34.7 Å². The van der Waals surface area contributed by atoms with E-state index >= 15 is 0 Å².